The standard InChI is InChI=1S/C20H21Cl2N3O2/c21-16-4-2-15(3-5-16)14-19(26)24-10-1-11-25(13-12-24)20(27)23-18-8-6-17(22)7-9-18/h2-9H,1,10-14H2,(H,23,27). The first-order valence-electron chi connectivity index (χ1n) is 8.85. The fraction of sp³-hybridized carbons (Fsp3) is 0.300. The average Bonchev–Trinajstić information content (AvgIpc) is 2.92. The zero-order valence-electron chi connectivity index (χ0n) is 14.8. The molecule has 2 aromatic carbocycles. The van der Waals surface area contributed by atoms with Gasteiger partial charge in [-0.15, -0.1) is 0 Å². The van der Waals surface area contributed by atoms with E-state index in [2.05, 4.69) is 5.32 Å². The van der Waals surface area contributed by atoms with E-state index in [4.69, 9.17) is 23.2 Å². The molecule has 1 saturated heterocycles. The molecule has 0 unspecified atom stereocenters. The summed E-state index contributed by atoms with van der Waals surface area (Å²) in [6.45, 7) is 2.30. The van der Waals surface area contributed by atoms with E-state index >= 15 is 0 Å². The lowest BCUT2D eigenvalue weighted by molar-refractivity contribution is -0.130. The predicted octanol–water partition coefficient (Wildman–Crippen LogP) is 4.30. The number of rotatable bonds is 3. The van der Waals surface area contributed by atoms with E-state index < -0.39 is 0 Å². The highest BCUT2D eigenvalue weighted by Gasteiger charge is 2.22. The van der Waals surface area contributed by atoms with Crippen LogP contribution in [0.15, 0.2) is 48.5 Å². The highest BCUT2D eigenvalue weighted by Crippen LogP contribution is 2.15. The Kier molecular flexibility index (Phi) is 6.58. The maximum Gasteiger partial charge on any atom is 0.321 e. The summed E-state index contributed by atoms with van der Waals surface area (Å²) in [5, 5.41) is 4.15. The third-order valence-electron chi connectivity index (χ3n) is 4.50. The molecule has 3 amide bonds. The number of carbonyl (C=O) groups excluding carboxylic acids is 2. The number of benzene rings is 2. The van der Waals surface area contributed by atoms with Crippen molar-refractivity contribution in [2.45, 2.75) is 12.8 Å². The van der Waals surface area contributed by atoms with Gasteiger partial charge in [0.15, 0.2) is 0 Å². The minimum atomic E-state index is -0.163. The van der Waals surface area contributed by atoms with Crippen molar-refractivity contribution >= 4 is 40.8 Å². The second-order valence-electron chi connectivity index (χ2n) is 6.46. The molecule has 1 aliphatic rings. The molecule has 0 bridgehead atoms. The van der Waals surface area contributed by atoms with Gasteiger partial charge in [0.2, 0.25) is 5.91 Å². The van der Waals surface area contributed by atoms with Crippen molar-refractivity contribution in [2.75, 3.05) is 31.5 Å². The van der Waals surface area contributed by atoms with E-state index in [0.29, 0.717) is 48.3 Å². The first-order chi connectivity index (χ1) is 13.0. The summed E-state index contributed by atoms with van der Waals surface area (Å²) in [4.78, 5) is 28.6. The Bertz CT molecular complexity index is 726. The lowest BCUT2D eigenvalue weighted by Crippen LogP contribution is -2.39. The van der Waals surface area contributed by atoms with Gasteiger partial charge in [-0.2, -0.15) is 0 Å². The second kappa shape index (κ2) is 9.11. The van der Waals surface area contributed by atoms with Crippen molar-refractivity contribution in [1.29, 1.82) is 0 Å². The van der Waals surface area contributed by atoms with E-state index in [1.807, 2.05) is 17.0 Å². The van der Waals surface area contributed by atoms with Gasteiger partial charge in [-0.05, 0) is 48.4 Å². The van der Waals surface area contributed by atoms with Crippen LogP contribution in [0.2, 0.25) is 10.0 Å². The molecule has 0 spiro atoms. The number of carbonyl (C=O) groups is 2. The Balaban J connectivity index is 1.53. The SMILES string of the molecule is O=C(Cc1ccc(Cl)cc1)N1CCCN(C(=O)Nc2ccc(Cl)cc2)CC1. The van der Waals surface area contributed by atoms with Gasteiger partial charge in [0.05, 0.1) is 6.42 Å². The summed E-state index contributed by atoms with van der Waals surface area (Å²) in [6, 6.07) is 14.1. The number of hydrogen-bond acceptors (Lipinski definition) is 2. The molecule has 0 radical (unpaired) electrons. The number of halogens is 2. The molecule has 1 heterocycles. The van der Waals surface area contributed by atoms with Crippen molar-refractivity contribution in [3.63, 3.8) is 0 Å². The van der Waals surface area contributed by atoms with E-state index in [1.54, 1.807) is 41.3 Å². The lowest BCUT2D eigenvalue weighted by atomic mass is 10.1. The summed E-state index contributed by atoms with van der Waals surface area (Å²) in [7, 11) is 0. The molecule has 5 nitrogen and oxygen atoms in total. The highest BCUT2D eigenvalue weighted by atomic mass is 35.5. The molecular formula is C20H21Cl2N3O2. The Morgan fingerprint density at radius 1 is 0.815 bits per heavy atom. The molecule has 0 saturated carbocycles. The lowest BCUT2D eigenvalue weighted by Gasteiger charge is -2.22. The summed E-state index contributed by atoms with van der Waals surface area (Å²) in [5.74, 6) is 0.0669. The number of hydrogen-bond donors (Lipinski definition) is 1. The monoisotopic (exact) mass is 405 g/mol. The van der Waals surface area contributed by atoms with Crippen molar-refractivity contribution in [1.82, 2.24) is 9.80 Å². The highest BCUT2D eigenvalue weighted by molar-refractivity contribution is 6.30. The fourth-order valence-corrected chi connectivity index (χ4v) is 3.25. The van der Waals surface area contributed by atoms with Crippen LogP contribution in [-0.4, -0.2) is 47.9 Å². The van der Waals surface area contributed by atoms with Crippen LogP contribution in [0.4, 0.5) is 10.5 Å². The zero-order chi connectivity index (χ0) is 19.2. The number of nitrogens with zero attached hydrogens (tertiary/aromatic N) is 2. The molecule has 0 atom stereocenters. The maximum absolute atomic E-state index is 12.6. The average molecular weight is 406 g/mol. The summed E-state index contributed by atoms with van der Waals surface area (Å²) < 4.78 is 0. The van der Waals surface area contributed by atoms with E-state index in [9.17, 15) is 9.59 Å². The molecule has 1 fully saturated rings. The summed E-state index contributed by atoms with van der Waals surface area (Å²) in [6.07, 6.45) is 1.09. The molecule has 27 heavy (non-hydrogen) atoms. The van der Waals surface area contributed by atoms with Gasteiger partial charge in [-0.3, -0.25) is 4.79 Å². The van der Waals surface area contributed by atoms with E-state index in [-0.39, 0.29) is 11.9 Å². The largest absolute Gasteiger partial charge is 0.341 e. The van der Waals surface area contributed by atoms with E-state index in [1.165, 1.54) is 0 Å². The fourth-order valence-electron chi connectivity index (χ4n) is 2.99. The van der Waals surface area contributed by atoms with Gasteiger partial charge >= 0.3 is 6.03 Å². The number of urea groups is 1. The molecular weight excluding hydrogens is 385 g/mol. The van der Waals surface area contributed by atoms with E-state index in [0.717, 1.165) is 12.0 Å². The van der Waals surface area contributed by atoms with Gasteiger partial charge < -0.3 is 15.1 Å². The van der Waals surface area contributed by atoms with Crippen LogP contribution in [0, 0.1) is 0 Å². The van der Waals surface area contributed by atoms with Crippen molar-refractivity contribution in [2.24, 2.45) is 0 Å². The van der Waals surface area contributed by atoms with Crippen molar-refractivity contribution < 1.29 is 9.59 Å². The number of anilines is 1. The zero-order valence-corrected chi connectivity index (χ0v) is 16.3. The molecule has 142 valence electrons. The maximum atomic E-state index is 12.6. The minimum Gasteiger partial charge on any atom is -0.341 e. The Morgan fingerprint density at radius 3 is 2.04 bits per heavy atom. The third-order valence-corrected chi connectivity index (χ3v) is 5.00. The molecule has 1 N–H and O–H groups in total. The predicted molar refractivity (Wildman–Crippen MR) is 108 cm³/mol. The Hall–Kier alpha value is -2.24. The summed E-state index contributed by atoms with van der Waals surface area (Å²) >= 11 is 11.7. The second-order valence-corrected chi connectivity index (χ2v) is 7.33. The van der Waals surface area contributed by atoms with Crippen LogP contribution >= 0.6 is 23.2 Å². The quantitative estimate of drug-likeness (QED) is 0.826. The topological polar surface area (TPSA) is 52.7 Å². The normalized spacial score (nSPS) is 14.6. The smallest absolute Gasteiger partial charge is 0.321 e. The summed E-state index contributed by atoms with van der Waals surface area (Å²) in [5.41, 5.74) is 1.63. The van der Waals surface area contributed by atoms with Gasteiger partial charge in [0, 0.05) is 41.9 Å². The Morgan fingerprint density at radius 2 is 1.37 bits per heavy atom. The first-order valence-corrected chi connectivity index (χ1v) is 9.60. The van der Waals surface area contributed by atoms with Crippen LogP contribution in [0.1, 0.15) is 12.0 Å². The molecule has 0 aromatic heterocycles. The van der Waals surface area contributed by atoms with Crippen molar-refractivity contribution in [3.8, 4) is 0 Å². The van der Waals surface area contributed by atoms with Gasteiger partial charge in [0.1, 0.15) is 0 Å². The minimum absolute atomic E-state index is 0.0669. The van der Waals surface area contributed by atoms with Crippen LogP contribution in [0.3, 0.4) is 0 Å². The van der Waals surface area contributed by atoms with Crippen LogP contribution in [0.5, 0.6) is 0 Å². The molecule has 1 aliphatic heterocycles. The number of amides is 3. The van der Waals surface area contributed by atoms with Crippen LogP contribution < -0.4 is 5.32 Å². The number of nitrogens with one attached hydrogen (secondary N) is 1. The molecule has 2 aromatic rings. The van der Waals surface area contributed by atoms with Gasteiger partial charge in [-0.1, -0.05) is 35.3 Å². The van der Waals surface area contributed by atoms with Crippen LogP contribution in [-0.2, 0) is 11.2 Å². The molecule has 0 aliphatic carbocycles. The Labute approximate surface area is 168 Å². The van der Waals surface area contributed by atoms with Gasteiger partial charge in [0.25, 0.3) is 0 Å². The van der Waals surface area contributed by atoms with Crippen LogP contribution in [0.25, 0.3) is 0 Å². The van der Waals surface area contributed by atoms with Gasteiger partial charge in [-0.25, -0.2) is 4.79 Å². The third kappa shape index (κ3) is 5.62. The molecule has 7 heteroatoms. The van der Waals surface area contributed by atoms with Crippen molar-refractivity contribution in [3.05, 3.63) is 64.1 Å². The molecule has 3 rings (SSSR count). The first kappa shape index (κ1) is 19.5.